The lowest BCUT2D eigenvalue weighted by molar-refractivity contribution is -0.151. The molecule has 0 spiro atoms. The first kappa shape index (κ1) is 9.77. The Bertz CT molecular complexity index is 145. The monoisotopic (exact) mass is 185 g/mol. The third-order valence-corrected chi connectivity index (χ3v) is 2.04. The Morgan fingerprint density at radius 2 is 2.00 bits per heavy atom. The predicted octanol–water partition coefficient (Wildman–Crippen LogP) is 1.89. The molecule has 0 bridgehead atoms. The van der Waals surface area contributed by atoms with Gasteiger partial charge in [0.25, 0.3) is 0 Å². The number of rotatable bonds is 1. The average Bonchev–Trinajstić information content (AvgIpc) is 1.91. The van der Waals surface area contributed by atoms with Gasteiger partial charge in [0.1, 0.15) is 6.17 Å². The Kier molecular flexibility index (Phi) is 2.93. The molecule has 1 aliphatic rings. The van der Waals surface area contributed by atoms with Crippen molar-refractivity contribution in [3.63, 3.8) is 0 Å². The largest absolute Gasteiger partial charge is 0.389 e. The Hall–Kier alpha value is -0.320. The van der Waals surface area contributed by atoms with Gasteiger partial charge in [-0.05, 0) is 13.0 Å². The Morgan fingerprint density at radius 1 is 1.33 bits per heavy atom. The van der Waals surface area contributed by atoms with Crippen molar-refractivity contribution in [2.24, 2.45) is 5.92 Å². The predicted molar refractivity (Wildman–Crippen MR) is 36.5 cm³/mol. The van der Waals surface area contributed by atoms with Crippen molar-refractivity contribution in [2.45, 2.75) is 25.2 Å². The summed E-state index contributed by atoms with van der Waals surface area (Å²) in [6.45, 7) is 0.544. The van der Waals surface area contributed by atoms with E-state index in [9.17, 15) is 17.6 Å². The van der Waals surface area contributed by atoms with Gasteiger partial charge < -0.3 is 5.32 Å². The van der Waals surface area contributed by atoms with Gasteiger partial charge in [-0.3, -0.25) is 0 Å². The standard InChI is InChI=1S/C7H11F4N/c8-6-4-12-2-1-5(6)3-7(9,10)11/h5-6,12H,1-4H2. The second kappa shape index (κ2) is 3.60. The lowest BCUT2D eigenvalue weighted by Crippen LogP contribution is -2.39. The van der Waals surface area contributed by atoms with Gasteiger partial charge in [0.2, 0.25) is 0 Å². The summed E-state index contributed by atoms with van der Waals surface area (Å²) in [5, 5.41) is 2.71. The summed E-state index contributed by atoms with van der Waals surface area (Å²) in [6, 6.07) is 0. The second-order valence-electron chi connectivity index (χ2n) is 3.09. The van der Waals surface area contributed by atoms with Crippen LogP contribution in [0.4, 0.5) is 17.6 Å². The van der Waals surface area contributed by atoms with Crippen molar-refractivity contribution in [3.8, 4) is 0 Å². The van der Waals surface area contributed by atoms with Crippen molar-refractivity contribution in [1.82, 2.24) is 5.32 Å². The number of piperidine rings is 1. The number of alkyl halides is 4. The third-order valence-electron chi connectivity index (χ3n) is 2.04. The van der Waals surface area contributed by atoms with Gasteiger partial charge in [0.15, 0.2) is 0 Å². The summed E-state index contributed by atoms with van der Waals surface area (Å²) in [5.74, 6) is -0.841. The van der Waals surface area contributed by atoms with E-state index in [1.54, 1.807) is 0 Å². The molecule has 12 heavy (non-hydrogen) atoms. The van der Waals surface area contributed by atoms with E-state index in [0.717, 1.165) is 0 Å². The van der Waals surface area contributed by atoms with Gasteiger partial charge in [-0.25, -0.2) is 4.39 Å². The van der Waals surface area contributed by atoms with Crippen LogP contribution in [0.1, 0.15) is 12.8 Å². The molecule has 1 nitrogen and oxygen atoms in total. The van der Waals surface area contributed by atoms with E-state index >= 15 is 0 Å². The SMILES string of the molecule is FC1CNCCC1CC(F)(F)F. The van der Waals surface area contributed by atoms with Crippen LogP contribution in [0.15, 0.2) is 0 Å². The van der Waals surface area contributed by atoms with E-state index in [1.165, 1.54) is 0 Å². The molecule has 0 aromatic heterocycles. The summed E-state index contributed by atoms with van der Waals surface area (Å²) < 4.78 is 48.3. The summed E-state index contributed by atoms with van der Waals surface area (Å²) >= 11 is 0. The molecule has 0 saturated carbocycles. The molecule has 1 fully saturated rings. The minimum absolute atomic E-state index is 0.0563. The van der Waals surface area contributed by atoms with Crippen molar-refractivity contribution >= 4 is 0 Å². The zero-order valence-corrected chi connectivity index (χ0v) is 6.49. The number of hydrogen-bond donors (Lipinski definition) is 1. The molecule has 1 saturated heterocycles. The minimum Gasteiger partial charge on any atom is -0.314 e. The highest BCUT2D eigenvalue weighted by atomic mass is 19.4. The normalized spacial score (nSPS) is 32.0. The third kappa shape index (κ3) is 2.97. The van der Waals surface area contributed by atoms with E-state index < -0.39 is 24.7 Å². The summed E-state index contributed by atoms with van der Waals surface area (Å²) in [5.41, 5.74) is 0. The molecule has 72 valence electrons. The quantitative estimate of drug-likeness (QED) is 0.615. The van der Waals surface area contributed by atoms with Crippen LogP contribution in [0.5, 0.6) is 0 Å². The smallest absolute Gasteiger partial charge is 0.314 e. The summed E-state index contributed by atoms with van der Waals surface area (Å²) in [6.07, 6.45) is -6.29. The van der Waals surface area contributed by atoms with Gasteiger partial charge >= 0.3 is 6.18 Å². The van der Waals surface area contributed by atoms with Crippen LogP contribution in [-0.2, 0) is 0 Å². The van der Waals surface area contributed by atoms with Crippen LogP contribution in [0.3, 0.4) is 0 Å². The van der Waals surface area contributed by atoms with Crippen LogP contribution in [0.25, 0.3) is 0 Å². The average molecular weight is 185 g/mol. The molecule has 2 unspecified atom stereocenters. The lowest BCUT2D eigenvalue weighted by atomic mass is 9.93. The maximum atomic E-state index is 12.8. The Morgan fingerprint density at radius 3 is 2.50 bits per heavy atom. The highest BCUT2D eigenvalue weighted by molar-refractivity contribution is 4.79. The fourth-order valence-electron chi connectivity index (χ4n) is 1.40. The molecular formula is C7H11F4N. The molecule has 5 heteroatoms. The van der Waals surface area contributed by atoms with E-state index in [4.69, 9.17) is 0 Å². The molecule has 0 aliphatic carbocycles. The summed E-state index contributed by atoms with van der Waals surface area (Å²) in [4.78, 5) is 0. The molecule has 1 rings (SSSR count). The van der Waals surface area contributed by atoms with Gasteiger partial charge in [-0.2, -0.15) is 13.2 Å². The van der Waals surface area contributed by atoms with E-state index in [2.05, 4.69) is 5.32 Å². The van der Waals surface area contributed by atoms with Gasteiger partial charge in [0.05, 0.1) is 0 Å². The molecule has 0 radical (unpaired) electrons. The molecule has 1 heterocycles. The summed E-state index contributed by atoms with van der Waals surface area (Å²) in [7, 11) is 0. The van der Waals surface area contributed by atoms with Gasteiger partial charge in [-0.1, -0.05) is 0 Å². The van der Waals surface area contributed by atoms with Crippen molar-refractivity contribution in [1.29, 1.82) is 0 Å². The first-order chi connectivity index (χ1) is 5.49. The van der Waals surface area contributed by atoms with Crippen molar-refractivity contribution in [3.05, 3.63) is 0 Å². The highest BCUT2D eigenvalue weighted by Crippen LogP contribution is 2.30. The van der Waals surface area contributed by atoms with Crippen molar-refractivity contribution in [2.75, 3.05) is 13.1 Å². The van der Waals surface area contributed by atoms with E-state index in [1.807, 2.05) is 0 Å². The molecule has 1 N–H and O–H groups in total. The zero-order valence-electron chi connectivity index (χ0n) is 6.49. The fraction of sp³-hybridized carbons (Fsp3) is 1.00. The van der Waals surface area contributed by atoms with E-state index in [-0.39, 0.29) is 13.0 Å². The fourth-order valence-corrected chi connectivity index (χ4v) is 1.40. The van der Waals surface area contributed by atoms with E-state index in [0.29, 0.717) is 6.54 Å². The minimum atomic E-state index is -4.23. The van der Waals surface area contributed by atoms with Crippen LogP contribution in [0, 0.1) is 5.92 Å². The van der Waals surface area contributed by atoms with Gasteiger partial charge in [0, 0.05) is 18.9 Å². The molecule has 0 aromatic carbocycles. The van der Waals surface area contributed by atoms with Gasteiger partial charge in [-0.15, -0.1) is 0 Å². The first-order valence-corrected chi connectivity index (χ1v) is 3.90. The topological polar surface area (TPSA) is 12.0 Å². The second-order valence-corrected chi connectivity index (χ2v) is 3.09. The molecule has 0 amide bonds. The number of halogens is 4. The van der Waals surface area contributed by atoms with Crippen LogP contribution < -0.4 is 5.32 Å². The maximum Gasteiger partial charge on any atom is 0.389 e. The highest BCUT2D eigenvalue weighted by Gasteiger charge is 2.36. The van der Waals surface area contributed by atoms with Crippen LogP contribution >= 0.6 is 0 Å². The number of nitrogens with one attached hydrogen (secondary N) is 1. The molecule has 0 aromatic rings. The van der Waals surface area contributed by atoms with Crippen LogP contribution in [-0.4, -0.2) is 25.4 Å². The number of hydrogen-bond acceptors (Lipinski definition) is 1. The van der Waals surface area contributed by atoms with Crippen LogP contribution in [0.2, 0.25) is 0 Å². The zero-order chi connectivity index (χ0) is 9.19. The Labute approximate surface area is 68.1 Å². The first-order valence-electron chi connectivity index (χ1n) is 3.90. The molecular weight excluding hydrogens is 174 g/mol. The van der Waals surface area contributed by atoms with Crippen molar-refractivity contribution < 1.29 is 17.6 Å². The maximum absolute atomic E-state index is 12.8. The lowest BCUT2D eigenvalue weighted by Gasteiger charge is -2.27. The Balaban J connectivity index is 2.39. The molecule has 2 atom stereocenters. The molecule has 1 aliphatic heterocycles.